The summed E-state index contributed by atoms with van der Waals surface area (Å²) in [5.74, 6) is 0. The minimum absolute atomic E-state index is 0.0353. The van der Waals surface area contributed by atoms with Gasteiger partial charge in [0.05, 0.1) is 11.4 Å². The van der Waals surface area contributed by atoms with Gasteiger partial charge in [-0.05, 0) is 98.1 Å². The minimum atomic E-state index is -0.0884. The van der Waals surface area contributed by atoms with Crippen LogP contribution in [0.1, 0.15) is 78.0 Å². The van der Waals surface area contributed by atoms with Crippen molar-refractivity contribution in [2.75, 3.05) is 4.90 Å². The van der Waals surface area contributed by atoms with Crippen molar-refractivity contribution in [3.63, 3.8) is 0 Å². The van der Waals surface area contributed by atoms with E-state index in [9.17, 15) is 0 Å². The molecule has 11 aromatic rings. The fourth-order valence-electron chi connectivity index (χ4n) is 12.3. The van der Waals surface area contributed by atoms with Crippen molar-refractivity contribution in [1.82, 2.24) is 4.48 Å². The van der Waals surface area contributed by atoms with E-state index in [-0.39, 0.29) is 23.1 Å². The molecule has 5 heteroatoms. The first-order valence-electron chi connectivity index (χ1n) is 23.4. The summed E-state index contributed by atoms with van der Waals surface area (Å²) >= 11 is 2.02. The molecule has 8 aromatic carbocycles. The molecule has 3 nitrogen and oxygen atoms in total. The van der Waals surface area contributed by atoms with Crippen LogP contribution in [-0.4, -0.2) is 11.3 Å². The Morgan fingerprint density at radius 2 is 1.29 bits per heavy atom. The van der Waals surface area contributed by atoms with Gasteiger partial charge in [0.2, 0.25) is 0 Å². The van der Waals surface area contributed by atoms with E-state index in [2.05, 4.69) is 203 Å². The fourth-order valence-corrected chi connectivity index (χ4v) is 13.6. The smallest absolute Gasteiger partial charge is 0.343 e. The lowest BCUT2D eigenvalue weighted by Gasteiger charge is -2.42. The Balaban J connectivity index is 1.22. The average Bonchev–Trinajstić information content (AvgIpc) is 3.99. The van der Waals surface area contributed by atoms with Crippen LogP contribution < -0.4 is 15.1 Å². The van der Waals surface area contributed by atoms with E-state index in [1.54, 1.807) is 0 Å². The molecule has 0 N–H and O–H groups in total. The molecule has 1 aliphatic carbocycles. The van der Waals surface area contributed by atoms with Gasteiger partial charge in [0.15, 0.2) is 0 Å². The predicted molar refractivity (Wildman–Crippen MR) is 280 cm³/mol. The van der Waals surface area contributed by atoms with Gasteiger partial charge in [-0.15, -0.1) is 11.3 Å². The van der Waals surface area contributed by atoms with Crippen LogP contribution in [0.4, 0.5) is 17.1 Å². The van der Waals surface area contributed by atoms with Gasteiger partial charge in [-0.25, -0.2) is 0 Å². The van der Waals surface area contributed by atoms with Crippen LogP contribution in [0.2, 0.25) is 0 Å². The van der Waals surface area contributed by atoms with Crippen molar-refractivity contribution in [1.29, 1.82) is 0 Å². The lowest BCUT2D eigenvalue weighted by molar-refractivity contribution is 0.332. The lowest BCUT2D eigenvalue weighted by atomic mass is 9.48. The molecule has 5 heterocycles. The average molecular weight is 857 g/mol. The summed E-state index contributed by atoms with van der Waals surface area (Å²) < 4.78 is 12.5. The van der Waals surface area contributed by atoms with Crippen molar-refractivity contribution >= 4 is 110 Å². The second-order valence-corrected chi connectivity index (χ2v) is 22.6. The zero-order chi connectivity index (χ0) is 43.9. The maximum atomic E-state index is 7.03. The molecule has 0 radical (unpaired) electrons. The van der Waals surface area contributed by atoms with Gasteiger partial charge in [0, 0.05) is 75.7 Å². The van der Waals surface area contributed by atoms with Crippen LogP contribution in [0.15, 0.2) is 150 Å². The molecule has 0 atom stereocenters. The quantitative estimate of drug-likeness (QED) is 0.162. The van der Waals surface area contributed by atoms with E-state index in [4.69, 9.17) is 4.42 Å². The Morgan fingerprint density at radius 1 is 0.585 bits per heavy atom. The summed E-state index contributed by atoms with van der Waals surface area (Å²) in [6, 6.07) is 55.4. The van der Waals surface area contributed by atoms with Crippen LogP contribution in [0.3, 0.4) is 0 Å². The fraction of sp³-hybridized carbons (Fsp3) is 0.200. The van der Waals surface area contributed by atoms with Crippen LogP contribution in [0.5, 0.6) is 0 Å². The highest BCUT2D eigenvalue weighted by molar-refractivity contribution is 7.32. The Kier molecular flexibility index (Phi) is 7.33. The van der Waals surface area contributed by atoms with E-state index in [1.807, 2.05) is 11.3 Å². The first-order chi connectivity index (χ1) is 31.4. The molecule has 3 aromatic heterocycles. The van der Waals surface area contributed by atoms with Gasteiger partial charge in [-0.2, -0.15) is 0 Å². The molecule has 0 saturated carbocycles. The SMILES string of the molecule is CC(C)(C)c1ccc(N2c3cc4oc5ccccc5c4c4c3B(c3sc5cc6c(cc5c32)C(C)(C)CCC6(C)C)n2c3c-4cccc3c3ccc4ccccc4c32)c(-c2ccccc2)c1. The molecule has 65 heavy (non-hydrogen) atoms. The maximum absolute atomic E-state index is 7.03. The summed E-state index contributed by atoms with van der Waals surface area (Å²) in [7, 11) is 0. The van der Waals surface area contributed by atoms with E-state index in [1.165, 1.54) is 121 Å². The summed E-state index contributed by atoms with van der Waals surface area (Å²) in [5, 5.41) is 8.86. The number of hydrogen-bond acceptors (Lipinski definition) is 3. The highest BCUT2D eigenvalue weighted by Gasteiger charge is 2.47. The molecule has 0 spiro atoms. The molecule has 0 saturated heterocycles. The lowest BCUT2D eigenvalue weighted by Crippen LogP contribution is -2.55. The van der Waals surface area contributed by atoms with Crippen LogP contribution in [0.25, 0.3) is 86.9 Å². The van der Waals surface area contributed by atoms with Gasteiger partial charge in [0.25, 0.3) is 0 Å². The number of para-hydroxylation sites is 2. The number of furan rings is 1. The number of aromatic nitrogens is 1. The molecule has 2 aliphatic heterocycles. The predicted octanol–water partition coefficient (Wildman–Crippen LogP) is 15.8. The second-order valence-electron chi connectivity index (χ2n) is 21.5. The highest BCUT2D eigenvalue weighted by atomic mass is 32.1. The monoisotopic (exact) mass is 856 g/mol. The van der Waals surface area contributed by atoms with Gasteiger partial charge in [-0.1, -0.05) is 158 Å². The number of nitrogens with zero attached hydrogens (tertiary/aromatic N) is 2. The third-order valence-corrected chi connectivity index (χ3v) is 17.0. The first kappa shape index (κ1) is 37.8. The molecule has 14 rings (SSSR count). The Bertz CT molecular complexity index is 3890. The number of fused-ring (bicyclic) bond motifs is 16. The topological polar surface area (TPSA) is 21.3 Å². The van der Waals surface area contributed by atoms with Gasteiger partial charge in [-0.3, -0.25) is 0 Å². The largest absolute Gasteiger partial charge is 0.456 e. The third kappa shape index (κ3) is 4.97. The van der Waals surface area contributed by atoms with Crippen molar-refractivity contribution in [2.45, 2.75) is 77.6 Å². The normalized spacial score (nSPS) is 16.0. The molecular weight excluding hydrogens is 808 g/mol. The molecule has 0 fully saturated rings. The molecular formula is C60H49BN2OS. The minimum Gasteiger partial charge on any atom is -0.456 e. The number of benzene rings is 8. The summed E-state index contributed by atoms with van der Waals surface area (Å²) in [4.78, 5) is 2.67. The standard InChI is InChI=1S/C60H49BN2OS/c1-58(2,3)36-25-27-46(42(30-36)34-16-9-8-10-17-34)62-47-33-49-51(40-20-13-14-23-48(40)64-49)52-41-22-15-21-38-39-26-24-35-18-11-12-19-37(35)54(39)63(55(38)41)61(53(47)52)57-56(62)43-31-44-45(32-50(43)65-57)60(6,7)29-28-59(44,4)5/h8-27,30-33H,28-29H2,1-7H3. The van der Waals surface area contributed by atoms with Crippen molar-refractivity contribution in [3.8, 4) is 22.3 Å². The molecule has 0 amide bonds. The van der Waals surface area contributed by atoms with Gasteiger partial charge >= 0.3 is 6.85 Å². The van der Waals surface area contributed by atoms with Gasteiger partial charge < -0.3 is 13.8 Å². The van der Waals surface area contributed by atoms with Crippen molar-refractivity contribution in [2.24, 2.45) is 0 Å². The molecule has 3 aliphatic rings. The van der Waals surface area contributed by atoms with Crippen molar-refractivity contribution in [3.05, 3.63) is 162 Å². The number of hydrogen-bond donors (Lipinski definition) is 0. The number of anilines is 3. The summed E-state index contributed by atoms with van der Waals surface area (Å²) in [6.45, 7) is 16.7. The zero-order valence-electron chi connectivity index (χ0n) is 38.1. The van der Waals surface area contributed by atoms with Crippen LogP contribution in [-0.2, 0) is 16.2 Å². The molecule has 0 bridgehead atoms. The van der Waals surface area contributed by atoms with Crippen LogP contribution >= 0.6 is 11.3 Å². The van der Waals surface area contributed by atoms with Crippen molar-refractivity contribution < 1.29 is 4.42 Å². The van der Waals surface area contributed by atoms with E-state index < -0.39 is 0 Å². The maximum Gasteiger partial charge on any atom is 0.343 e. The summed E-state index contributed by atoms with van der Waals surface area (Å²) in [6.07, 6.45) is 2.34. The van der Waals surface area contributed by atoms with E-state index in [0.29, 0.717) is 0 Å². The first-order valence-corrected chi connectivity index (χ1v) is 24.2. The van der Waals surface area contributed by atoms with E-state index >= 15 is 0 Å². The third-order valence-electron chi connectivity index (χ3n) is 15.8. The Hall–Kier alpha value is -6.56. The molecule has 0 unspecified atom stereocenters. The highest BCUT2D eigenvalue weighted by Crippen LogP contribution is 2.56. The zero-order valence-corrected chi connectivity index (χ0v) is 38.9. The summed E-state index contributed by atoms with van der Waals surface area (Å²) in [5.41, 5.74) is 18.9. The Labute approximate surface area is 384 Å². The second kappa shape index (κ2) is 12.6. The van der Waals surface area contributed by atoms with Gasteiger partial charge in [0.1, 0.15) is 11.2 Å². The number of rotatable bonds is 2. The van der Waals surface area contributed by atoms with E-state index in [0.717, 1.165) is 23.0 Å². The number of thiophene rings is 1. The molecule has 314 valence electrons. The van der Waals surface area contributed by atoms with Crippen LogP contribution in [0, 0.1) is 0 Å². The Morgan fingerprint density at radius 3 is 2.09 bits per heavy atom.